The maximum Gasteiger partial charge on any atom is 0.323 e. The first-order chi connectivity index (χ1) is 31.0. The molecule has 8 aromatic carbocycles. The van der Waals surface area contributed by atoms with Gasteiger partial charge in [0.25, 0.3) is 40.5 Å². The number of amides is 2. The van der Waals surface area contributed by atoms with Crippen molar-refractivity contribution < 1.29 is 66.9 Å². The molecule has 0 heterocycles. The average molecular weight is 973 g/mol. The zero-order chi connectivity index (χ0) is 47.5. The average Bonchev–Trinajstić information content (AvgIpc) is 3.23. The Bertz CT molecular complexity index is 3690. The number of carbonyl (C=O) groups is 1. The van der Waals surface area contributed by atoms with Crippen molar-refractivity contribution >= 4 is 124 Å². The van der Waals surface area contributed by atoms with E-state index in [1.165, 1.54) is 72.8 Å². The molecule has 0 saturated heterocycles. The van der Waals surface area contributed by atoms with Crippen LogP contribution in [0.5, 0.6) is 11.5 Å². The highest BCUT2D eigenvalue weighted by atomic mass is 32.2. The molecule has 0 radical (unpaired) electrons. The normalized spacial score (nSPS) is 12.8. The minimum absolute atomic E-state index is 0.0254. The molecule has 8 N–H and O–H groups in total. The lowest BCUT2D eigenvalue weighted by Gasteiger charge is -2.13. The summed E-state index contributed by atoms with van der Waals surface area (Å²) in [6, 6.07) is 25.5. The maximum absolute atomic E-state index is 13.2. The topological polar surface area (TPSA) is 349 Å². The van der Waals surface area contributed by atoms with E-state index < -0.39 is 89.0 Å². The van der Waals surface area contributed by atoms with Gasteiger partial charge in [0.15, 0.2) is 11.5 Å². The molecule has 25 heteroatoms. The molecule has 8 aromatic rings. The van der Waals surface area contributed by atoms with Crippen molar-refractivity contribution in [1.29, 1.82) is 0 Å². The van der Waals surface area contributed by atoms with Crippen molar-refractivity contribution in [3.63, 3.8) is 0 Å². The SMILES string of the molecule is O=C(Nc1ccc2c(O)c(N=Nc3cc(S(=O)(=O)O)c4ccccc4c3)c(S(=O)(=O)O)cc2c1)Nc1ccc2c(O)c(N=Nc3cc(S(=O)(=O)O)c4ccccc4c3)c(S(=O)(=O)O)cc2c1. The number of anilines is 2. The Hall–Kier alpha value is -7.49. The molecule has 336 valence electrons. The van der Waals surface area contributed by atoms with E-state index in [1.807, 2.05) is 0 Å². The molecule has 0 saturated carbocycles. The molecule has 0 aromatic heterocycles. The lowest BCUT2D eigenvalue weighted by molar-refractivity contribution is 0.262. The predicted octanol–water partition coefficient (Wildman–Crippen LogP) is 9.17. The van der Waals surface area contributed by atoms with Crippen LogP contribution in [0.4, 0.5) is 38.9 Å². The van der Waals surface area contributed by atoms with Gasteiger partial charge in [0.05, 0.1) is 11.4 Å². The van der Waals surface area contributed by atoms with Crippen LogP contribution in [0.25, 0.3) is 43.1 Å². The molecule has 2 amide bonds. The summed E-state index contributed by atoms with van der Waals surface area (Å²) in [5, 5.41) is 43.6. The minimum atomic E-state index is -5.12. The predicted molar refractivity (Wildman–Crippen MR) is 239 cm³/mol. The summed E-state index contributed by atoms with van der Waals surface area (Å²) < 4.78 is 138. The number of carbonyl (C=O) groups excluding carboxylic acids is 1. The van der Waals surface area contributed by atoms with E-state index in [1.54, 1.807) is 24.3 Å². The molecular formula is C41H28N6O15S4. The monoisotopic (exact) mass is 972 g/mol. The highest BCUT2D eigenvalue weighted by Crippen LogP contribution is 2.44. The van der Waals surface area contributed by atoms with Crippen molar-refractivity contribution in [3.8, 4) is 11.5 Å². The number of hydrogen-bond donors (Lipinski definition) is 8. The number of phenols is 2. The molecule has 0 aliphatic carbocycles. The Kier molecular flexibility index (Phi) is 11.3. The van der Waals surface area contributed by atoms with E-state index in [9.17, 15) is 66.9 Å². The van der Waals surface area contributed by atoms with Gasteiger partial charge >= 0.3 is 6.03 Å². The van der Waals surface area contributed by atoms with Crippen LogP contribution < -0.4 is 10.6 Å². The first-order valence-corrected chi connectivity index (χ1v) is 24.2. The molecule has 0 unspecified atom stereocenters. The molecule has 66 heavy (non-hydrogen) atoms. The van der Waals surface area contributed by atoms with Crippen molar-refractivity contribution in [3.05, 3.63) is 121 Å². The summed E-state index contributed by atoms with van der Waals surface area (Å²) in [4.78, 5) is 10.3. The number of hydrogen-bond acceptors (Lipinski definition) is 15. The molecule has 0 spiro atoms. The van der Waals surface area contributed by atoms with E-state index in [2.05, 4.69) is 31.1 Å². The Balaban J connectivity index is 1.07. The summed E-state index contributed by atoms with van der Waals surface area (Å²) in [6.07, 6.45) is 0. The van der Waals surface area contributed by atoms with E-state index in [4.69, 9.17) is 0 Å². The number of nitrogens with one attached hydrogen (secondary N) is 2. The molecule has 0 atom stereocenters. The van der Waals surface area contributed by atoms with Gasteiger partial charge in [-0.05, 0) is 94.3 Å². The highest BCUT2D eigenvalue weighted by molar-refractivity contribution is 7.86. The molecule has 21 nitrogen and oxygen atoms in total. The van der Waals surface area contributed by atoms with Crippen molar-refractivity contribution in [2.45, 2.75) is 19.6 Å². The van der Waals surface area contributed by atoms with Crippen LogP contribution in [0.15, 0.2) is 161 Å². The van der Waals surface area contributed by atoms with Crippen LogP contribution in [0.1, 0.15) is 0 Å². The van der Waals surface area contributed by atoms with Crippen LogP contribution in [-0.4, -0.2) is 68.1 Å². The van der Waals surface area contributed by atoms with E-state index in [-0.39, 0.29) is 55.1 Å². The van der Waals surface area contributed by atoms with Crippen LogP contribution >= 0.6 is 0 Å². The fraction of sp³-hybridized carbons (Fsp3) is 0. The highest BCUT2D eigenvalue weighted by Gasteiger charge is 2.25. The quantitative estimate of drug-likeness (QED) is 0.0467. The lowest BCUT2D eigenvalue weighted by atomic mass is 10.1. The van der Waals surface area contributed by atoms with E-state index in [0.29, 0.717) is 10.8 Å². The van der Waals surface area contributed by atoms with Gasteiger partial charge in [-0.3, -0.25) is 18.2 Å². The largest absolute Gasteiger partial charge is 0.505 e. The zero-order valence-electron chi connectivity index (χ0n) is 32.8. The number of aromatic hydroxyl groups is 2. The van der Waals surface area contributed by atoms with E-state index in [0.717, 1.165) is 24.3 Å². The second-order valence-corrected chi connectivity index (χ2v) is 19.8. The number of nitrogens with zero attached hydrogens (tertiary/aromatic N) is 4. The van der Waals surface area contributed by atoms with E-state index >= 15 is 0 Å². The smallest absolute Gasteiger partial charge is 0.323 e. The second-order valence-electron chi connectivity index (χ2n) is 14.2. The van der Waals surface area contributed by atoms with Crippen LogP contribution in [0.2, 0.25) is 0 Å². The molecule has 0 aliphatic rings. The third-order valence-corrected chi connectivity index (χ3v) is 13.4. The Morgan fingerprint density at radius 2 is 0.758 bits per heavy atom. The van der Waals surface area contributed by atoms with Gasteiger partial charge in [-0.1, -0.05) is 48.5 Å². The fourth-order valence-corrected chi connectivity index (χ4v) is 9.80. The van der Waals surface area contributed by atoms with Crippen molar-refractivity contribution in [2.24, 2.45) is 20.5 Å². The first kappa shape index (κ1) is 45.1. The number of urea groups is 1. The summed E-state index contributed by atoms with van der Waals surface area (Å²) in [5.74, 6) is -1.55. The zero-order valence-corrected chi connectivity index (χ0v) is 36.1. The molecule has 8 rings (SSSR count). The number of azo groups is 2. The number of benzene rings is 8. The molecule has 0 fully saturated rings. The van der Waals surface area contributed by atoms with Gasteiger partial charge < -0.3 is 20.8 Å². The second kappa shape index (κ2) is 16.5. The van der Waals surface area contributed by atoms with Crippen molar-refractivity contribution in [1.82, 2.24) is 0 Å². The van der Waals surface area contributed by atoms with Gasteiger partial charge in [0, 0.05) is 32.9 Å². The van der Waals surface area contributed by atoms with Crippen LogP contribution in [0.3, 0.4) is 0 Å². The summed E-state index contributed by atoms with van der Waals surface area (Å²) >= 11 is 0. The Labute approximate surface area is 372 Å². The Morgan fingerprint density at radius 1 is 0.394 bits per heavy atom. The van der Waals surface area contributed by atoms with Gasteiger partial charge in [-0.25, -0.2) is 4.79 Å². The Morgan fingerprint density at radius 3 is 1.12 bits per heavy atom. The van der Waals surface area contributed by atoms with Crippen LogP contribution in [0, 0.1) is 0 Å². The van der Waals surface area contributed by atoms with Gasteiger partial charge in [-0.15, -0.1) is 10.2 Å². The molecular weight excluding hydrogens is 945 g/mol. The minimum Gasteiger partial charge on any atom is -0.505 e. The third kappa shape index (κ3) is 9.08. The number of fused-ring (bicyclic) bond motifs is 4. The third-order valence-electron chi connectivity index (χ3n) is 9.88. The summed E-state index contributed by atoms with van der Waals surface area (Å²) in [6.45, 7) is 0. The first-order valence-electron chi connectivity index (χ1n) is 18.4. The van der Waals surface area contributed by atoms with Crippen molar-refractivity contribution in [2.75, 3.05) is 10.6 Å². The van der Waals surface area contributed by atoms with Gasteiger partial charge in [0.2, 0.25) is 0 Å². The van der Waals surface area contributed by atoms with Gasteiger partial charge in [-0.2, -0.15) is 43.9 Å². The lowest BCUT2D eigenvalue weighted by Crippen LogP contribution is -2.19. The maximum atomic E-state index is 13.2. The number of phenolic OH excluding ortho intramolecular Hbond substituents is 2. The molecule has 0 aliphatic heterocycles. The number of rotatable bonds is 10. The standard InChI is InChI=1S/C41H28N6O15S4/c48-39-31-11-9-25(15-23(31)17-35(65(57,58)59)37(39)46-44-27-13-21-5-1-3-7-29(21)33(19-27)63(51,52)53)42-41(50)43-26-10-12-32-24(16-26)18-36(66(60,61)62)38(40(32)49)47-45-28-14-22-6-2-4-8-30(22)34(20-28)64(54,55)56/h1-20,48-49H,(H2,42,43,50)(H,51,52,53)(H,54,55,56)(H,57,58,59)(H,60,61,62). The molecule has 0 bridgehead atoms. The summed E-state index contributed by atoms with van der Waals surface area (Å²) in [7, 11) is -19.7. The fourth-order valence-electron chi connectivity index (χ4n) is 7.02. The summed E-state index contributed by atoms with van der Waals surface area (Å²) in [5.41, 5.74) is -1.72. The van der Waals surface area contributed by atoms with Gasteiger partial charge in [0.1, 0.15) is 31.0 Å². The van der Waals surface area contributed by atoms with Crippen LogP contribution in [-0.2, 0) is 40.5 Å².